The molecule has 8 heteroatoms. The first-order chi connectivity index (χ1) is 14.7. The van der Waals surface area contributed by atoms with Crippen LogP contribution < -0.4 is 4.74 Å². The van der Waals surface area contributed by atoms with Crippen molar-refractivity contribution in [1.29, 1.82) is 0 Å². The van der Waals surface area contributed by atoms with Gasteiger partial charge in [0.05, 0.1) is 6.10 Å². The van der Waals surface area contributed by atoms with Crippen molar-refractivity contribution >= 4 is 19.5 Å². The Kier molecular flexibility index (Phi) is 5.89. The number of hydrogen-bond donors (Lipinski definition) is 2. The quantitative estimate of drug-likeness (QED) is 0.546. The van der Waals surface area contributed by atoms with Gasteiger partial charge in [-0.3, -0.25) is 0 Å². The molecular weight excluding hydrogens is 408 g/mol. The number of fused-ring (bicyclic) bond motifs is 1. The predicted octanol–water partition coefficient (Wildman–Crippen LogP) is 4.56. The molecule has 1 aliphatic rings. The number of aromatic nitrogens is 4. The third-order valence-electron chi connectivity index (χ3n) is 6.65. The minimum Gasteiger partial charge on any atom is -0.473 e. The number of ether oxygens (including phenoxy) is 1. The van der Waals surface area contributed by atoms with Crippen molar-refractivity contribution in [3.8, 4) is 17.3 Å². The van der Waals surface area contributed by atoms with Crippen molar-refractivity contribution in [2.45, 2.75) is 64.0 Å². The topological polar surface area (TPSA) is 93.2 Å². The van der Waals surface area contributed by atoms with Crippen LogP contribution in [-0.2, 0) is 4.43 Å². The number of aliphatic hydroxyl groups excluding tert-OH is 1. The summed E-state index contributed by atoms with van der Waals surface area (Å²) >= 11 is 0. The van der Waals surface area contributed by atoms with E-state index >= 15 is 0 Å². The standard InChI is InChI=1S/C23H32N4O3Si/c1-23(2,3)31(4,5)30-18-12-17(11-16(18)13-28)29-22-19-21(24-14-25-22)27-20(26-19)15-9-7-6-8-10-15/h6-10,14,16-18,28H,11-13H2,1-5H3,(H,24,25,26,27)/t16-,17+,18+/m0/s1. The molecule has 166 valence electrons. The van der Waals surface area contributed by atoms with E-state index in [0.29, 0.717) is 17.0 Å². The molecule has 0 unspecified atom stereocenters. The lowest BCUT2D eigenvalue weighted by Crippen LogP contribution is -2.45. The normalized spacial score (nSPS) is 22.2. The second-order valence-electron chi connectivity index (χ2n) is 9.90. The number of nitrogens with zero attached hydrogens (tertiary/aromatic N) is 3. The lowest BCUT2D eigenvalue weighted by molar-refractivity contribution is 0.0971. The summed E-state index contributed by atoms with van der Waals surface area (Å²) in [6.07, 6.45) is 2.88. The summed E-state index contributed by atoms with van der Waals surface area (Å²) < 4.78 is 12.9. The molecule has 3 aromatic rings. The molecule has 1 aromatic carbocycles. The van der Waals surface area contributed by atoms with Gasteiger partial charge >= 0.3 is 0 Å². The van der Waals surface area contributed by atoms with Gasteiger partial charge in [0.15, 0.2) is 14.0 Å². The summed E-state index contributed by atoms with van der Waals surface area (Å²) in [5, 5.41) is 10.1. The summed E-state index contributed by atoms with van der Waals surface area (Å²) in [6, 6.07) is 9.92. The molecule has 0 saturated heterocycles. The molecule has 0 radical (unpaired) electrons. The Hall–Kier alpha value is -2.29. The zero-order valence-electron chi connectivity index (χ0n) is 18.9. The van der Waals surface area contributed by atoms with Gasteiger partial charge in [0, 0.05) is 24.5 Å². The second kappa shape index (κ2) is 8.33. The fourth-order valence-electron chi connectivity index (χ4n) is 3.81. The molecule has 1 saturated carbocycles. The lowest BCUT2D eigenvalue weighted by atomic mass is 10.1. The molecule has 2 heterocycles. The van der Waals surface area contributed by atoms with Crippen LogP contribution in [0.5, 0.6) is 5.88 Å². The average molecular weight is 441 g/mol. The number of rotatable bonds is 6. The van der Waals surface area contributed by atoms with E-state index in [-0.39, 0.29) is 29.8 Å². The molecule has 1 aliphatic carbocycles. The first kappa shape index (κ1) is 21.9. The Balaban J connectivity index is 1.53. The fourth-order valence-corrected chi connectivity index (χ4v) is 5.21. The van der Waals surface area contributed by atoms with Crippen LogP contribution in [0.1, 0.15) is 33.6 Å². The fraction of sp³-hybridized carbons (Fsp3) is 0.522. The Morgan fingerprint density at radius 2 is 1.87 bits per heavy atom. The van der Waals surface area contributed by atoms with E-state index < -0.39 is 8.32 Å². The number of H-pyrrole nitrogens is 1. The summed E-state index contributed by atoms with van der Waals surface area (Å²) in [6.45, 7) is 11.3. The van der Waals surface area contributed by atoms with Gasteiger partial charge in [-0.05, 0) is 24.6 Å². The lowest BCUT2D eigenvalue weighted by Gasteiger charge is -2.39. The monoisotopic (exact) mass is 440 g/mol. The summed E-state index contributed by atoms with van der Waals surface area (Å²) in [4.78, 5) is 16.6. The highest BCUT2D eigenvalue weighted by Crippen LogP contribution is 2.41. The molecular formula is C23H32N4O3Si. The van der Waals surface area contributed by atoms with E-state index in [9.17, 15) is 5.11 Å². The smallest absolute Gasteiger partial charge is 0.243 e. The van der Waals surface area contributed by atoms with Crippen LogP contribution in [0.25, 0.3) is 22.6 Å². The number of nitrogens with one attached hydrogen (secondary N) is 1. The van der Waals surface area contributed by atoms with E-state index in [0.717, 1.165) is 24.2 Å². The van der Waals surface area contributed by atoms with Gasteiger partial charge < -0.3 is 19.3 Å². The Morgan fingerprint density at radius 1 is 1.13 bits per heavy atom. The summed E-state index contributed by atoms with van der Waals surface area (Å²) in [7, 11) is -1.94. The van der Waals surface area contributed by atoms with Crippen molar-refractivity contribution in [1.82, 2.24) is 19.9 Å². The second-order valence-corrected chi connectivity index (χ2v) is 14.7. The number of aromatic amines is 1. The maximum atomic E-state index is 9.96. The highest BCUT2D eigenvalue weighted by atomic mass is 28.4. The maximum absolute atomic E-state index is 9.96. The third kappa shape index (κ3) is 4.51. The molecule has 7 nitrogen and oxygen atoms in total. The first-order valence-corrected chi connectivity index (χ1v) is 13.8. The average Bonchev–Trinajstić information content (AvgIpc) is 3.32. The van der Waals surface area contributed by atoms with Gasteiger partial charge in [0.1, 0.15) is 23.8 Å². The Labute approximate surface area is 184 Å². The van der Waals surface area contributed by atoms with Crippen molar-refractivity contribution < 1.29 is 14.3 Å². The molecule has 31 heavy (non-hydrogen) atoms. The van der Waals surface area contributed by atoms with Crippen LogP contribution >= 0.6 is 0 Å². The predicted molar refractivity (Wildman–Crippen MR) is 123 cm³/mol. The van der Waals surface area contributed by atoms with E-state index in [1.807, 2.05) is 30.3 Å². The highest BCUT2D eigenvalue weighted by molar-refractivity contribution is 6.74. The number of aliphatic hydroxyl groups is 1. The first-order valence-electron chi connectivity index (χ1n) is 10.9. The molecule has 2 aromatic heterocycles. The molecule has 0 bridgehead atoms. The van der Waals surface area contributed by atoms with Crippen LogP contribution in [0.4, 0.5) is 0 Å². The number of benzene rings is 1. The summed E-state index contributed by atoms with van der Waals surface area (Å²) in [5.41, 5.74) is 2.25. The summed E-state index contributed by atoms with van der Waals surface area (Å²) in [5.74, 6) is 1.30. The number of hydrogen-bond acceptors (Lipinski definition) is 6. The van der Waals surface area contributed by atoms with Gasteiger partial charge in [-0.2, -0.15) is 4.98 Å². The van der Waals surface area contributed by atoms with Gasteiger partial charge in [0.25, 0.3) is 0 Å². The SMILES string of the molecule is CC(C)(C)[Si](C)(C)O[C@@H]1C[C@H](Oc2ncnc3nc(-c4ccccc4)[nH]c23)C[C@H]1CO. The molecule has 0 aliphatic heterocycles. The van der Waals surface area contributed by atoms with E-state index in [1.54, 1.807) is 0 Å². The van der Waals surface area contributed by atoms with Crippen molar-refractivity contribution in [2.75, 3.05) is 6.61 Å². The molecule has 3 atom stereocenters. The van der Waals surface area contributed by atoms with Gasteiger partial charge in [0.2, 0.25) is 5.88 Å². The molecule has 4 rings (SSSR count). The van der Waals surface area contributed by atoms with Crippen LogP contribution in [0.3, 0.4) is 0 Å². The molecule has 1 fully saturated rings. The minimum absolute atomic E-state index is 0.00475. The van der Waals surface area contributed by atoms with E-state index in [1.165, 1.54) is 6.33 Å². The Morgan fingerprint density at radius 3 is 2.55 bits per heavy atom. The maximum Gasteiger partial charge on any atom is 0.243 e. The number of imidazole rings is 1. The largest absolute Gasteiger partial charge is 0.473 e. The third-order valence-corrected chi connectivity index (χ3v) is 11.2. The van der Waals surface area contributed by atoms with Crippen LogP contribution in [-0.4, -0.2) is 52.2 Å². The zero-order valence-corrected chi connectivity index (χ0v) is 19.9. The zero-order chi connectivity index (χ0) is 22.2. The minimum atomic E-state index is -1.94. The van der Waals surface area contributed by atoms with Crippen molar-refractivity contribution in [3.05, 3.63) is 36.7 Å². The van der Waals surface area contributed by atoms with E-state index in [2.05, 4.69) is 53.8 Å². The Bertz CT molecular complexity index is 1030. The van der Waals surface area contributed by atoms with Gasteiger partial charge in [-0.25, -0.2) is 9.97 Å². The van der Waals surface area contributed by atoms with Crippen molar-refractivity contribution in [3.63, 3.8) is 0 Å². The van der Waals surface area contributed by atoms with Crippen LogP contribution in [0.2, 0.25) is 18.1 Å². The van der Waals surface area contributed by atoms with Gasteiger partial charge in [-0.15, -0.1) is 0 Å². The molecule has 0 spiro atoms. The highest BCUT2D eigenvalue weighted by Gasteiger charge is 2.44. The molecule has 2 N–H and O–H groups in total. The van der Waals surface area contributed by atoms with Crippen molar-refractivity contribution in [2.24, 2.45) is 5.92 Å². The molecule has 0 amide bonds. The van der Waals surface area contributed by atoms with Crippen LogP contribution in [0, 0.1) is 5.92 Å². The van der Waals surface area contributed by atoms with Gasteiger partial charge in [-0.1, -0.05) is 51.1 Å². The van der Waals surface area contributed by atoms with Crippen LogP contribution in [0.15, 0.2) is 36.7 Å². The van der Waals surface area contributed by atoms with E-state index in [4.69, 9.17) is 9.16 Å².